The monoisotopic (exact) mass is 495 g/mol. The van der Waals surface area contributed by atoms with Crippen LogP contribution in [0.4, 0.5) is 5.69 Å². The molecule has 0 N–H and O–H groups in total. The quantitative estimate of drug-likeness (QED) is 0.554. The minimum atomic E-state index is 0. The van der Waals surface area contributed by atoms with Gasteiger partial charge in [0.25, 0.3) is 5.56 Å². The van der Waals surface area contributed by atoms with Gasteiger partial charge in [0.2, 0.25) is 0 Å². The molecule has 0 bridgehead atoms. The van der Waals surface area contributed by atoms with Gasteiger partial charge < -0.3 is 9.80 Å². The number of nitrogens with zero attached hydrogens (tertiary/aromatic N) is 5. The molecule has 5 rings (SSSR count). The summed E-state index contributed by atoms with van der Waals surface area (Å²) in [6.07, 6.45) is 2.70. The summed E-state index contributed by atoms with van der Waals surface area (Å²) in [4.78, 5) is 27.3. The van der Waals surface area contributed by atoms with Gasteiger partial charge in [0.05, 0.1) is 11.7 Å². The maximum Gasteiger partial charge on any atom is 0.262 e. The molecule has 174 valence electrons. The summed E-state index contributed by atoms with van der Waals surface area (Å²) in [7, 11) is 2.14. The fraction of sp³-hybridized carbons (Fsp3) is 0.478. The van der Waals surface area contributed by atoms with Crippen molar-refractivity contribution in [2.24, 2.45) is 0 Å². The molecule has 0 saturated carbocycles. The van der Waals surface area contributed by atoms with Crippen LogP contribution >= 0.6 is 36.2 Å². The predicted molar refractivity (Wildman–Crippen MR) is 138 cm³/mol. The van der Waals surface area contributed by atoms with Crippen molar-refractivity contribution < 1.29 is 0 Å². The predicted octanol–water partition coefficient (Wildman–Crippen LogP) is 3.42. The zero-order valence-electron chi connectivity index (χ0n) is 18.6. The molecule has 1 fully saturated rings. The normalized spacial score (nSPS) is 17.0. The van der Waals surface area contributed by atoms with Gasteiger partial charge in [-0.05, 0) is 37.6 Å². The number of aromatic nitrogens is 2. The van der Waals surface area contributed by atoms with Crippen molar-refractivity contribution in [3.63, 3.8) is 0 Å². The van der Waals surface area contributed by atoms with E-state index in [2.05, 4.69) is 57.9 Å². The van der Waals surface area contributed by atoms with Crippen LogP contribution in [0.1, 0.15) is 16.0 Å². The molecule has 0 spiro atoms. The Morgan fingerprint density at radius 3 is 2.53 bits per heavy atom. The summed E-state index contributed by atoms with van der Waals surface area (Å²) in [5, 5.41) is 0.870. The number of rotatable bonds is 4. The van der Waals surface area contributed by atoms with Crippen LogP contribution in [0.15, 0.2) is 35.4 Å². The van der Waals surface area contributed by atoms with Gasteiger partial charge in [-0.25, -0.2) is 4.98 Å². The molecule has 2 aliphatic heterocycles. The third-order valence-corrected chi connectivity index (χ3v) is 7.63. The summed E-state index contributed by atoms with van der Waals surface area (Å²) in [6, 6.07) is 8.61. The first-order valence-corrected chi connectivity index (χ1v) is 11.6. The van der Waals surface area contributed by atoms with E-state index in [0.717, 1.165) is 62.5 Å². The first-order chi connectivity index (χ1) is 14.6. The molecule has 1 aromatic carbocycles. The van der Waals surface area contributed by atoms with Crippen LogP contribution in [0.3, 0.4) is 0 Å². The molecule has 2 aromatic heterocycles. The number of likely N-dealkylation sites (N-methyl/N-ethyl adjacent to an activating group) is 1. The first-order valence-electron chi connectivity index (χ1n) is 10.8. The lowest BCUT2D eigenvalue weighted by Gasteiger charge is -2.36. The van der Waals surface area contributed by atoms with E-state index in [-0.39, 0.29) is 30.4 Å². The summed E-state index contributed by atoms with van der Waals surface area (Å²) < 4.78 is 1.82. The zero-order chi connectivity index (χ0) is 20.7. The van der Waals surface area contributed by atoms with Crippen LogP contribution in [0.5, 0.6) is 0 Å². The lowest BCUT2D eigenvalue weighted by atomic mass is 10.1. The Hall–Kier alpha value is -1.64. The summed E-state index contributed by atoms with van der Waals surface area (Å²) in [5.41, 5.74) is 4.06. The minimum Gasteiger partial charge on any atom is -0.369 e. The molecule has 0 aliphatic carbocycles. The van der Waals surface area contributed by atoms with Gasteiger partial charge in [0.1, 0.15) is 4.83 Å². The Morgan fingerprint density at radius 1 is 1.03 bits per heavy atom. The first kappa shape index (κ1) is 25.0. The Bertz CT molecular complexity index is 1120. The number of hydrogen-bond donors (Lipinski definition) is 0. The highest BCUT2D eigenvalue weighted by molar-refractivity contribution is 7.18. The van der Waals surface area contributed by atoms with Crippen molar-refractivity contribution in [3.8, 4) is 0 Å². The van der Waals surface area contributed by atoms with E-state index in [1.54, 1.807) is 17.7 Å². The lowest BCUT2D eigenvalue weighted by Crippen LogP contribution is -2.47. The lowest BCUT2D eigenvalue weighted by molar-refractivity contribution is 0.247. The van der Waals surface area contributed by atoms with E-state index in [1.807, 2.05) is 4.57 Å². The van der Waals surface area contributed by atoms with E-state index in [1.165, 1.54) is 21.7 Å². The maximum absolute atomic E-state index is 13.2. The molecule has 4 heterocycles. The summed E-state index contributed by atoms with van der Waals surface area (Å²) in [5.74, 6) is 0. The minimum absolute atomic E-state index is 0. The molecule has 32 heavy (non-hydrogen) atoms. The molecule has 2 aliphatic rings. The third kappa shape index (κ3) is 4.82. The van der Waals surface area contributed by atoms with Crippen LogP contribution < -0.4 is 10.5 Å². The SMILES string of the molecule is Cc1ccccc1N1CCN(CCn2cnc3sc4c(c3c2=O)CCN(C)C4)CC1.Cl.Cl. The van der Waals surface area contributed by atoms with Crippen LogP contribution in [-0.2, 0) is 19.5 Å². The standard InChI is InChI=1S/C23H29N5OS.2ClH/c1-17-5-3-4-6-19(17)27-12-9-26(10-13-27)11-14-28-16-24-22-21(23(28)29)18-7-8-25(2)15-20(18)30-22;;/h3-6,16H,7-15H2,1-2H3;2*1H. The highest BCUT2D eigenvalue weighted by atomic mass is 35.5. The van der Waals surface area contributed by atoms with Gasteiger partial charge in [-0.3, -0.25) is 14.3 Å². The van der Waals surface area contributed by atoms with Crippen molar-refractivity contribution in [2.75, 3.05) is 51.2 Å². The molecule has 0 unspecified atom stereocenters. The zero-order valence-corrected chi connectivity index (χ0v) is 21.1. The van der Waals surface area contributed by atoms with Crippen LogP contribution in [0.25, 0.3) is 10.2 Å². The van der Waals surface area contributed by atoms with E-state index < -0.39 is 0 Å². The number of fused-ring (bicyclic) bond motifs is 3. The van der Waals surface area contributed by atoms with Gasteiger partial charge in [-0.2, -0.15) is 0 Å². The second-order valence-corrected chi connectivity index (χ2v) is 9.61. The van der Waals surface area contributed by atoms with Gasteiger partial charge >= 0.3 is 0 Å². The third-order valence-electron chi connectivity index (χ3n) is 6.50. The van der Waals surface area contributed by atoms with E-state index in [0.29, 0.717) is 6.54 Å². The van der Waals surface area contributed by atoms with Crippen molar-refractivity contribution in [1.29, 1.82) is 0 Å². The van der Waals surface area contributed by atoms with Crippen LogP contribution in [0, 0.1) is 6.92 Å². The topological polar surface area (TPSA) is 44.6 Å². The average Bonchev–Trinajstić information content (AvgIpc) is 3.12. The fourth-order valence-electron chi connectivity index (χ4n) is 4.69. The van der Waals surface area contributed by atoms with Gasteiger partial charge in [-0.1, -0.05) is 18.2 Å². The van der Waals surface area contributed by atoms with Gasteiger partial charge in [0, 0.05) is 62.9 Å². The number of benzene rings is 1. The summed E-state index contributed by atoms with van der Waals surface area (Å²) in [6.45, 7) is 9.83. The molecule has 0 atom stereocenters. The largest absolute Gasteiger partial charge is 0.369 e. The Morgan fingerprint density at radius 2 is 1.78 bits per heavy atom. The number of hydrogen-bond acceptors (Lipinski definition) is 6. The Kier molecular flexibility index (Phi) is 8.22. The molecule has 1 saturated heterocycles. The van der Waals surface area contributed by atoms with E-state index in [9.17, 15) is 4.79 Å². The Balaban J connectivity index is 0.00000144. The van der Waals surface area contributed by atoms with Crippen molar-refractivity contribution in [3.05, 3.63) is 57.0 Å². The molecule has 6 nitrogen and oxygen atoms in total. The average molecular weight is 497 g/mol. The molecular formula is C23H31Cl2N5OS. The van der Waals surface area contributed by atoms with Crippen molar-refractivity contribution in [2.45, 2.75) is 26.4 Å². The van der Waals surface area contributed by atoms with Crippen LogP contribution in [-0.4, -0.2) is 65.7 Å². The number of halogens is 2. The molecular weight excluding hydrogens is 465 g/mol. The van der Waals surface area contributed by atoms with E-state index in [4.69, 9.17) is 0 Å². The highest BCUT2D eigenvalue weighted by Gasteiger charge is 2.23. The van der Waals surface area contributed by atoms with Crippen molar-refractivity contribution >= 4 is 52.1 Å². The Labute approximate surface area is 205 Å². The summed E-state index contributed by atoms with van der Waals surface area (Å²) >= 11 is 1.69. The van der Waals surface area contributed by atoms with Gasteiger partial charge in [-0.15, -0.1) is 36.2 Å². The number of anilines is 1. The number of para-hydroxylation sites is 1. The maximum atomic E-state index is 13.2. The van der Waals surface area contributed by atoms with E-state index >= 15 is 0 Å². The molecule has 9 heteroatoms. The number of aryl methyl sites for hydroxylation is 1. The molecule has 0 amide bonds. The second kappa shape index (κ2) is 10.5. The van der Waals surface area contributed by atoms with Crippen molar-refractivity contribution in [1.82, 2.24) is 19.4 Å². The molecule has 0 radical (unpaired) electrons. The smallest absolute Gasteiger partial charge is 0.262 e. The van der Waals surface area contributed by atoms with Crippen LogP contribution in [0.2, 0.25) is 0 Å². The number of piperazine rings is 1. The second-order valence-electron chi connectivity index (χ2n) is 8.53. The number of thiophene rings is 1. The van der Waals surface area contributed by atoms with Gasteiger partial charge in [0.15, 0.2) is 0 Å². The fourth-order valence-corrected chi connectivity index (χ4v) is 5.94. The highest BCUT2D eigenvalue weighted by Crippen LogP contribution is 2.31. The molecule has 3 aromatic rings.